The predicted molar refractivity (Wildman–Crippen MR) is 96.4 cm³/mol. The van der Waals surface area contributed by atoms with Crippen LogP contribution in [0.2, 0.25) is 5.02 Å². The van der Waals surface area contributed by atoms with E-state index >= 15 is 0 Å². The van der Waals surface area contributed by atoms with Crippen LogP contribution in [0.3, 0.4) is 0 Å². The number of carbonyl (C=O) groups is 1. The van der Waals surface area contributed by atoms with Crippen molar-refractivity contribution < 1.29 is 22.4 Å². The quantitative estimate of drug-likeness (QED) is 0.672. The minimum atomic E-state index is -4.72. The molecule has 1 saturated carbocycles. The molecular formula is C19H18ClF4N3O. The fraction of sp³-hybridized carbons (Fsp3) is 0.368. The SMILES string of the molecule is O=C(NC1CCCC1)N[C@H](c1cc(F)cc(C(F)(F)F)c1)c1ccc(Cl)cn1. The molecule has 1 fully saturated rings. The van der Waals surface area contributed by atoms with Gasteiger partial charge in [-0.05, 0) is 48.7 Å². The summed E-state index contributed by atoms with van der Waals surface area (Å²) in [6, 6.07) is 3.53. The second-order valence-corrected chi connectivity index (χ2v) is 7.14. The summed E-state index contributed by atoms with van der Waals surface area (Å²) in [5.74, 6) is -1.05. The van der Waals surface area contributed by atoms with E-state index in [4.69, 9.17) is 11.6 Å². The predicted octanol–water partition coefficient (Wildman–Crippen LogP) is 5.22. The summed E-state index contributed by atoms with van der Waals surface area (Å²) >= 11 is 5.82. The van der Waals surface area contributed by atoms with Crippen molar-refractivity contribution in [3.8, 4) is 0 Å². The van der Waals surface area contributed by atoms with Gasteiger partial charge in [0.25, 0.3) is 0 Å². The number of urea groups is 1. The van der Waals surface area contributed by atoms with Gasteiger partial charge in [-0.25, -0.2) is 9.18 Å². The highest BCUT2D eigenvalue weighted by molar-refractivity contribution is 6.30. The zero-order valence-electron chi connectivity index (χ0n) is 14.7. The minimum absolute atomic E-state index is 0.0112. The Kier molecular flexibility index (Phi) is 6.07. The normalized spacial score (nSPS) is 16.0. The molecule has 0 unspecified atom stereocenters. The van der Waals surface area contributed by atoms with E-state index in [0.717, 1.165) is 37.8 Å². The van der Waals surface area contributed by atoms with Gasteiger partial charge < -0.3 is 10.6 Å². The molecule has 2 N–H and O–H groups in total. The van der Waals surface area contributed by atoms with Crippen molar-refractivity contribution >= 4 is 17.6 Å². The molecule has 0 radical (unpaired) electrons. The molecular weight excluding hydrogens is 398 g/mol. The van der Waals surface area contributed by atoms with Gasteiger partial charge in [-0.1, -0.05) is 24.4 Å². The second kappa shape index (κ2) is 8.34. The first-order valence-electron chi connectivity index (χ1n) is 8.78. The molecule has 9 heteroatoms. The Morgan fingerprint density at radius 2 is 1.89 bits per heavy atom. The van der Waals surface area contributed by atoms with Crippen LogP contribution in [0.5, 0.6) is 0 Å². The zero-order chi connectivity index (χ0) is 20.3. The van der Waals surface area contributed by atoms with Gasteiger partial charge in [0.15, 0.2) is 0 Å². The maximum absolute atomic E-state index is 13.9. The van der Waals surface area contributed by atoms with Crippen molar-refractivity contribution in [3.05, 3.63) is 64.2 Å². The van der Waals surface area contributed by atoms with E-state index in [9.17, 15) is 22.4 Å². The fourth-order valence-electron chi connectivity index (χ4n) is 3.26. The fourth-order valence-corrected chi connectivity index (χ4v) is 3.37. The molecule has 1 heterocycles. The molecule has 0 bridgehead atoms. The number of hydrogen-bond donors (Lipinski definition) is 2. The number of carbonyl (C=O) groups excluding carboxylic acids is 1. The summed E-state index contributed by atoms with van der Waals surface area (Å²) < 4.78 is 53.2. The van der Waals surface area contributed by atoms with Gasteiger partial charge in [-0.2, -0.15) is 13.2 Å². The van der Waals surface area contributed by atoms with Crippen molar-refractivity contribution in [2.45, 2.75) is 43.9 Å². The molecule has 1 aromatic heterocycles. The van der Waals surface area contributed by atoms with E-state index < -0.39 is 29.6 Å². The van der Waals surface area contributed by atoms with E-state index in [-0.39, 0.29) is 17.3 Å². The second-order valence-electron chi connectivity index (χ2n) is 6.70. The number of nitrogens with zero attached hydrogens (tertiary/aromatic N) is 1. The third-order valence-electron chi connectivity index (χ3n) is 4.59. The first kappa shape index (κ1) is 20.4. The molecule has 2 aromatic rings. The molecule has 0 saturated heterocycles. The summed E-state index contributed by atoms with van der Waals surface area (Å²) in [5.41, 5.74) is -0.965. The molecule has 28 heavy (non-hydrogen) atoms. The topological polar surface area (TPSA) is 54.0 Å². The van der Waals surface area contributed by atoms with Crippen LogP contribution in [-0.2, 0) is 6.18 Å². The van der Waals surface area contributed by atoms with E-state index in [1.807, 2.05) is 0 Å². The number of aromatic nitrogens is 1. The third kappa shape index (κ3) is 5.13. The van der Waals surface area contributed by atoms with Gasteiger partial charge in [-0.3, -0.25) is 4.98 Å². The van der Waals surface area contributed by atoms with Crippen LogP contribution >= 0.6 is 11.6 Å². The van der Waals surface area contributed by atoms with Crippen LogP contribution in [0.1, 0.15) is 48.5 Å². The Morgan fingerprint density at radius 3 is 2.50 bits per heavy atom. The Balaban J connectivity index is 1.93. The average molecular weight is 416 g/mol. The number of rotatable bonds is 4. The lowest BCUT2D eigenvalue weighted by atomic mass is 10.00. The number of alkyl halides is 3. The molecule has 2 amide bonds. The van der Waals surface area contributed by atoms with Gasteiger partial charge in [0, 0.05) is 12.2 Å². The van der Waals surface area contributed by atoms with Crippen molar-refractivity contribution in [2.24, 2.45) is 0 Å². The van der Waals surface area contributed by atoms with Gasteiger partial charge in [-0.15, -0.1) is 0 Å². The maximum Gasteiger partial charge on any atom is 0.416 e. The summed E-state index contributed by atoms with van der Waals surface area (Å²) in [4.78, 5) is 16.5. The van der Waals surface area contributed by atoms with E-state index in [0.29, 0.717) is 11.1 Å². The number of pyridine rings is 1. The molecule has 3 rings (SSSR count). The van der Waals surface area contributed by atoms with Gasteiger partial charge in [0.2, 0.25) is 0 Å². The molecule has 1 aliphatic rings. The molecule has 1 aliphatic carbocycles. The lowest BCUT2D eigenvalue weighted by molar-refractivity contribution is -0.137. The van der Waals surface area contributed by atoms with Crippen molar-refractivity contribution in [3.63, 3.8) is 0 Å². The van der Waals surface area contributed by atoms with Crippen molar-refractivity contribution in [2.75, 3.05) is 0 Å². The first-order chi connectivity index (χ1) is 13.2. The van der Waals surface area contributed by atoms with E-state index in [1.165, 1.54) is 18.3 Å². The van der Waals surface area contributed by atoms with Gasteiger partial charge in [0.05, 0.1) is 22.3 Å². The monoisotopic (exact) mass is 415 g/mol. The lowest BCUT2D eigenvalue weighted by Crippen LogP contribution is -2.43. The summed E-state index contributed by atoms with van der Waals surface area (Å²) in [7, 11) is 0. The first-order valence-corrected chi connectivity index (χ1v) is 9.16. The Hall–Kier alpha value is -2.35. The largest absolute Gasteiger partial charge is 0.416 e. The standard InChI is InChI=1S/C19H18ClF4N3O/c20-13-5-6-16(25-10-13)17(27-18(28)26-15-3-1-2-4-15)11-7-12(19(22,23)24)9-14(21)8-11/h5-10,15,17H,1-4H2,(H2,26,27,28)/t17-/m1/s1. The average Bonchev–Trinajstić information content (AvgIpc) is 3.12. The number of hydrogen-bond acceptors (Lipinski definition) is 2. The Labute approximate surface area is 164 Å². The molecule has 4 nitrogen and oxygen atoms in total. The van der Waals surface area contributed by atoms with Gasteiger partial charge >= 0.3 is 12.2 Å². The van der Waals surface area contributed by atoms with Crippen LogP contribution in [0.25, 0.3) is 0 Å². The lowest BCUT2D eigenvalue weighted by Gasteiger charge is -2.22. The van der Waals surface area contributed by atoms with Crippen LogP contribution in [0.15, 0.2) is 36.5 Å². The molecule has 1 atom stereocenters. The molecule has 0 aliphatic heterocycles. The molecule has 150 valence electrons. The number of nitrogens with one attached hydrogen (secondary N) is 2. The maximum atomic E-state index is 13.9. The van der Waals surface area contributed by atoms with Crippen LogP contribution in [-0.4, -0.2) is 17.1 Å². The smallest absolute Gasteiger partial charge is 0.335 e. The van der Waals surface area contributed by atoms with Crippen LogP contribution < -0.4 is 10.6 Å². The Morgan fingerprint density at radius 1 is 1.18 bits per heavy atom. The zero-order valence-corrected chi connectivity index (χ0v) is 15.4. The van der Waals surface area contributed by atoms with E-state index in [1.54, 1.807) is 0 Å². The highest BCUT2D eigenvalue weighted by Gasteiger charge is 2.33. The van der Waals surface area contributed by atoms with E-state index in [2.05, 4.69) is 15.6 Å². The minimum Gasteiger partial charge on any atom is -0.335 e. The highest BCUT2D eigenvalue weighted by atomic mass is 35.5. The molecule has 1 aromatic carbocycles. The van der Waals surface area contributed by atoms with Crippen LogP contribution in [0, 0.1) is 5.82 Å². The van der Waals surface area contributed by atoms with Gasteiger partial charge in [0.1, 0.15) is 5.82 Å². The summed E-state index contributed by atoms with van der Waals surface area (Å²) in [6.45, 7) is 0. The third-order valence-corrected chi connectivity index (χ3v) is 4.82. The number of benzene rings is 1. The molecule has 0 spiro atoms. The summed E-state index contributed by atoms with van der Waals surface area (Å²) in [6.07, 6.45) is 0.286. The number of halogens is 5. The summed E-state index contributed by atoms with van der Waals surface area (Å²) in [5, 5.41) is 5.74. The van der Waals surface area contributed by atoms with Crippen molar-refractivity contribution in [1.29, 1.82) is 0 Å². The Bertz CT molecular complexity index is 836. The van der Waals surface area contributed by atoms with Crippen LogP contribution in [0.4, 0.5) is 22.4 Å². The number of amides is 2. The van der Waals surface area contributed by atoms with Crippen molar-refractivity contribution in [1.82, 2.24) is 15.6 Å². The highest BCUT2D eigenvalue weighted by Crippen LogP contribution is 2.33.